The van der Waals surface area contributed by atoms with Crippen LogP contribution in [0.15, 0.2) is 5.38 Å². The predicted molar refractivity (Wildman–Crippen MR) is 70.6 cm³/mol. The largest absolute Gasteiger partial charge is 0.295 e. The Balaban J connectivity index is 1.97. The lowest BCUT2D eigenvalue weighted by Gasteiger charge is -2.13. The van der Waals surface area contributed by atoms with Crippen LogP contribution in [0.1, 0.15) is 17.2 Å². The number of hydrogen-bond acceptors (Lipinski definition) is 4. The zero-order valence-electron chi connectivity index (χ0n) is 9.50. The summed E-state index contributed by atoms with van der Waals surface area (Å²) in [6, 6.07) is 0. The third-order valence-corrected chi connectivity index (χ3v) is 4.16. The highest BCUT2D eigenvalue weighted by Gasteiger charge is 2.11. The highest BCUT2D eigenvalue weighted by molar-refractivity contribution is 7.15. The van der Waals surface area contributed by atoms with Gasteiger partial charge in [-0.25, -0.2) is 4.98 Å². The Morgan fingerprint density at radius 3 is 2.71 bits per heavy atom. The SMILES string of the molecule is Cc1nc(CN(C)Cc2csc(Cl)c2Cl)n[nH]1. The molecule has 0 atom stereocenters. The maximum atomic E-state index is 6.07. The minimum Gasteiger partial charge on any atom is -0.295 e. The van der Waals surface area contributed by atoms with Crippen LogP contribution in [0.3, 0.4) is 0 Å². The zero-order chi connectivity index (χ0) is 12.4. The van der Waals surface area contributed by atoms with Crippen LogP contribution in [0, 0.1) is 6.92 Å². The smallest absolute Gasteiger partial charge is 0.164 e. The van der Waals surface area contributed by atoms with Crippen LogP contribution in [0.25, 0.3) is 0 Å². The minimum absolute atomic E-state index is 0.642. The van der Waals surface area contributed by atoms with Gasteiger partial charge in [0.1, 0.15) is 10.2 Å². The molecule has 0 aliphatic carbocycles. The molecular weight excluding hydrogens is 279 g/mol. The average Bonchev–Trinajstić information content (AvgIpc) is 2.79. The van der Waals surface area contributed by atoms with Gasteiger partial charge >= 0.3 is 0 Å². The molecule has 2 aromatic heterocycles. The van der Waals surface area contributed by atoms with Crippen molar-refractivity contribution in [3.8, 4) is 0 Å². The van der Waals surface area contributed by atoms with E-state index in [4.69, 9.17) is 23.2 Å². The number of halogens is 2. The molecule has 0 unspecified atom stereocenters. The molecule has 0 amide bonds. The van der Waals surface area contributed by atoms with Crippen LogP contribution >= 0.6 is 34.5 Å². The average molecular weight is 291 g/mol. The van der Waals surface area contributed by atoms with Crippen molar-refractivity contribution < 1.29 is 0 Å². The zero-order valence-corrected chi connectivity index (χ0v) is 11.8. The fourth-order valence-electron chi connectivity index (χ4n) is 1.51. The van der Waals surface area contributed by atoms with Gasteiger partial charge < -0.3 is 0 Å². The van der Waals surface area contributed by atoms with Crippen LogP contribution in [0.4, 0.5) is 0 Å². The van der Waals surface area contributed by atoms with E-state index < -0.39 is 0 Å². The number of hydrogen-bond donors (Lipinski definition) is 1. The molecule has 17 heavy (non-hydrogen) atoms. The number of rotatable bonds is 4. The molecule has 0 fully saturated rings. The number of nitrogens with zero attached hydrogens (tertiary/aromatic N) is 3. The normalized spacial score (nSPS) is 11.4. The number of H-pyrrole nitrogens is 1. The van der Waals surface area contributed by atoms with Crippen LogP contribution in [-0.4, -0.2) is 27.1 Å². The second-order valence-electron chi connectivity index (χ2n) is 3.86. The van der Waals surface area contributed by atoms with Gasteiger partial charge in [-0.3, -0.25) is 10.00 Å². The van der Waals surface area contributed by atoms with Gasteiger partial charge in [0, 0.05) is 6.54 Å². The Bertz CT molecular complexity index is 508. The Hall–Kier alpha value is -0.620. The van der Waals surface area contributed by atoms with Crippen molar-refractivity contribution in [1.29, 1.82) is 0 Å². The molecule has 2 rings (SSSR count). The standard InChI is InChI=1S/C10H12Cl2N4S/c1-6-13-8(15-14-6)4-16(2)3-7-5-17-10(12)9(7)11/h5H,3-4H2,1-2H3,(H,13,14,15). The van der Waals surface area contributed by atoms with E-state index in [1.807, 2.05) is 19.4 Å². The molecule has 0 bridgehead atoms. The number of aryl methyl sites for hydroxylation is 1. The second kappa shape index (κ2) is 5.35. The van der Waals surface area contributed by atoms with Gasteiger partial charge in [0.15, 0.2) is 5.82 Å². The summed E-state index contributed by atoms with van der Waals surface area (Å²) in [5.41, 5.74) is 1.04. The first-order chi connectivity index (χ1) is 8.06. The summed E-state index contributed by atoms with van der Waals surface area (Å²) in [4.78, 5) is 6.35. The van der Waals surface area contributed by atoms with E-state index in [-0.39, 0.29) is 0 Å². The fraction of sp³-hybridized carbons (Fsp3) is 0.400. The van der Waals surface area contributed by atoms with Crippen molar-refractivity contribution in [3.05, 3.63) is 32.0 Å². The second-order valence-corrected chi connectivity index (χ2v) is 5.72. The molecule has 0 radical (unpaired) electrons. The van der Waals surface area contributed by atoms with Crippen LogP contribution in [0.5, 0.6) is 0 Å². The fourth-order valence-corrected chi connectivity index (χ4v) is 2.75. The van der Waals surface area contributed by atoms with E-state index in [1.54, 1.807) is 0 Å². The quantitative estimate of drug-likeness (QED) is 0.941. The van der Waals surface area contributed by atoms with Crippen molar-refractivity contribution in [3.63, 3.8) is 0 Å². The number of nitrogens with one attached hydrogen (secondary N) is 1. The van der Waals surface area contributed by atoms with Gasteiger partial charge in [0.2, 0.25) is 0 Å². The monoisotopic (exact) mass is 290 g/mol. The van der Waals surface area contributed by atoms with E-state index in [1.165, 1.54) is 11.3 Å². The molecule has 0 aliphatic rings. The molecule has 0 aliphatic heterocycles. The summed E-state index contributed by atoms with van der Waals surface area (Å²) in [7, 11) is 1.99. The molecule has 1 N–H and O–H groups in total. The highest BCUT2D eigenvalue weighted by atomic mass is 35.5. The highest BCUT2D eigenvalue weighted by Crippen LogP contribution is 2.32. The van der Waals surface area contributed by atoms with E-state index in [9.17, 15) is 0 Å². The first-order valence-corrected chi connectivity index (χ1v) is 6.67. The van der Waals surface area contributed by atoms with Crippen molar-refractivity contribution >= 4 is 34.5 Å². The number of thiophene rings is 1. The minimum atomic E-state index is 0.642. The first kappa shape index (κ1) is 12.8. The van der Waals surface area contributed by atoms with E-state index in [0.717, 1.165) is 23.8 Å². The Morgan fingerprint density at radius 2 is 2.18 bits per heavy atom. The van der Waals surface area contributed by atoms with Gasteiger partial charge in [-0.15, -0.1) is 11.3 Å². The van der Waals surface area contributed by atoms with Crippen LogP contribution in [-0.2, 0) is 13.1 Å². The summed E-state index contributed by atoms with van der Waals surface area (Å²) >= 11 is 13.4. The first-order valence-electron chi connectivity index (χ1n) is 5.04. The number of aromatic amines is 1. The summed E-state index contributed by atoms with van der Waals surface area (Å²) in [6.45, 7) is 3.29. The van der Waals surface area contributed by atoms with Crippen molar-refractivity contribution in [1.82, 2.24) is 20.1 Å². The Kier molecular flexibility index (Phi) is 4.04. The third-order valence-electron chi connectivity index (χ3n) is 2.25. The van der Waals surface area contributed by atoms with Gasteiger partial charge in [-0.1, -0.05) is 23.2 Å². The summed E-state index contributed by atoms with van der Waals surface area (Å²) in [6.07, 6.45) is 0. The summed E-state index contributed by atoms with van der Waals surface area (Å²) in [5, 5.41) is 9.54. The van der Waals surface area contributed by atoms with Gasteiger partial charge in [0.25, 0.3) is 0 Å². The van der Waals surface area contributed by atoms with E-state index in [2.05, 4.69) is 20.1 Å². The lowest BCUT2D eigenvalue weighted by atomic mass is 10.3. The van der Waals surface area contributed by atoms with Gasteiger partial charge in [-0.2, -0.15) is 5.10 Å². The van der Waals surface area contributed by atoms with Crippen molar-refractivity contribution in [2.45, 2.75) is 20.0 Å². The van der Waals surface area contributed by atoms with Crippen molar-refractivity contribution in [2.24, 2.45) is 0 Å². The molecule has 7 heteroatoms. The van der Waals surface area contributed by atoms with Crippen molar-refractivity contribution in [2.75, 3.05) is 7.05 Å². The summed E-state index contributed by atoms with van der Waals surface area (Å²) in [5.74, 6) is 1.60. The molecule has 4 nitrogen and oxygen atoms in total. The van der Waals surface area contributed by atoms with Gasteiger partial charge in [-0.05, 0) is 24.9 Å². The van der Waals surface area contributed by atoms with Gasteiger partial charge in [0.05, 0.1) is 11.6 Å². The lowest BCUT2D eigenvalue weighted by Crippen LogP contribution is -2.18. The van der Waals surface area contributed by atoms with E-state index >= 15 is 0 Å². The Morgan fingerprint density at radius 1 is 1.41 bits per heavy atom. The molecule has 2 heterocycles. The number of aromatic nitrogens is 3. The third kappa shape index (κ3) is 3.19. The maximum absolute atomic E-state index is 6.07. The molecule has 92 valence electrons. The van der Waals surface area contributed by atoms with Crippen LogP contribution in [0.2, 0.25) is 9.36 Å². The topological polar surface area (TPSA) is 44.8 Å². The predicted octanol–water partition coefficient (Wildman–Crippen LogP) is 3.11. The van der Waals surface area contributed by atoms with Crippen LogP contribution < -0.4 is 0 Å². The molecule has 0 aromatic carbocycles. The lowest BCUT2D eigenvalue weighted by molar-refractivity contribution is 0.311. The summed E-state index contributed by atoms with van der Waals surface area (Å²) < 4.78 is 0.642. The maximum Gasteiger partial charge on any atom is 0.164 e. The molecule has 0 saturated carbocycles. The molecule has 2 aromatic rings. The molecular formula is C10H12Cl2N4S. The van der Waals surface area contributed by atoms with E-state index in [0.29, 0.717) is 15.9 Å². The Labute approximate surface area is 114 Å². The molecule has 0 saturated heterocycles. The molecule has 0 spiro atoms.